The number of rotatable bonds is 12. The van der Waals surface area contributed by atoms with Crippen LogP contribution in [0.15, 0.2) is 101 Å². The van der Waals surface area contributed by atoms with E-state index < -0.39 is 18.3 Å². The molecule has 11 heteroatoms. The number of urea groups is 1. The fraction of sp³-hybridized carbons (Fsp3) is 0.270. The highest BCUT2D eigenvalue weighted by Gasteiger charge is 2.32. The van der Waals surface area contributed by atoms with Gasteiger partial charge in [0, 0.05) is 24.3 Å². The SMILES string of the molecule is CCOC(=O)CNC(=O)NCc1cccc(-c2cccc([C@@H]3O[C@H](CSc4nc5ccccc5s4)C[C@H](c4ccc(CO)cc4)O3)c2)c1. The van der Waals surface area contributed by atoms with E-state index in [9.17, 15) is 14.7 Å². The maximum absolute atomic E-state index is 12.2. The Morgan fingerprint density at radius 1 is 0.917 bits per heavy atom. The summed E-state index contributed by atoms with van der Waals surface area (Å²) >= 11 is 3.40. The van der Waals surface area contributed by atoms with Gasteiger partial charge in [0.2, 0.25) is 0 Å². The van der Waals surface area contributed by atoms with Gasteiger partial charge in [0.15, 0.2) is 10.6 Å². The van der Waals surface area contributed by atoms with Crippen molar-refractivity contribution in [2.24, 2.45) is 0 Å². The van der Waals surface area contributed by atoms with E-state index in [4.69, 9.17) is 19.2 Å². The van der Waals surface area contributed by atoms with Crippen LogP contribution in [0.4, 0.5) is 4.79 Å². The zero-order valence-electron chi connectivity index (χ0n) is 26.5. The molecule has 0 unspecified atom stereocenters. The molecule has 9 nitrogen and oxygen atoms in total. The summed E-state index contributed by atoms with van der Waals surface area (Å²) in [5.41, 5.74) is 6.69. The van der Waals surface area contributed by atoms with E-state index in [2.05, 4.69) is 22.8 Å². The van der Waals surface area contributed by atoms with Crippen LogP contribution in [0.2, 0.25) is 0 Å². The summed E-state index contributed by atoms with van der Waals surface area (Å²) in [5, 5.41) is 14.8. The van der Waals surface area contributed by atoms with E-state index >= 15 is 0 Å². The minimum Gasteiger partial charge on any atom is -0.465 e. The lowest BCUT2D eigenvalue weighted by atomic mass is 9.99. The fourth-order valence-electron chi connectivity index (χ4n) is 5.43. The number of nitrogens with one attached hydrogen (secondary N) is 2. The van der Waals surface area contributed by atoms with Gasteiger partial charge in [-0.1, -0.05) is 84.6 Å². The highest BCUT2D eigenvalue weighted by atomic mass is 32.2. The number of esters is 1. The summed E-state index contributed by atoms with van der Waals surface area (Å²) < 4.78 is 20.2. The molecule has 1 aliphatic rings. The van der Waals surface area contributed by atoms with E-state index in [0.29, 0.717) is 13.0 Å². The molecule has 6 rings (SSSR count). The zero-order valence-corrected chi connectivity index (χ0v) is 28.1. The molecule has 4 aromatic carbocycles. The number of benzene rings is 4. The fourth-order valence-corrected chi connectivity index (χ4v) is 7.55. The quantitative estimate of drug-likeness (QED) is 0.0937. The van der Waals surface area contributed by atoms with Crippen molar-refractivity contribution >= 4 is 45.3 Å². The van der Waals surface area contributed by atoms with Gasteiger partial charge >= 0.3 is 12.0 Å². The summed E-state index contributed by atoms with van der Waals surface area (Å²) in [5.74, 6) is 0.247. The van der Waals surface area contributed by atoms with Crippen molar-refractivity contribution in [3.8, 4) is 11.1 Å². The van der Waals surface area contributed by atoms with E-state index in [1.54, 1.807) is 30.0 Å². The zero-order chi connectivity index (χ0) is 33.3. The summed E-state index contributed by atoms with van der Waals surface area (Å²) in [7, 11) is 0. The molecular formula is C37H37N3O6S2. The smallest absolute Gasteiger partial charge is 0.325 e. The lowest BCUT2D eigenvalue weighted by Crippen LogP contribution is -2.38. The van der Waals surface area contributed by atoms with Gasteiger partial charge in [0.25, 0.3) is 0 Å². The number of para-hydroxylation sites is 1. The molecule has 0 spiro atoms. The molecule has 3 N–H and O–H groups in total. The first-order valence-electron chi connectivity index (χ1n) is 15.8. The van der Waals surface area contributed by atoms with Crippen LogP contribution in [0.5, 0.6) is 0 Å². The molecule has 0 aliphatic carbocycles. The number of hydrogen-bond acceptors (Lipinski definition) is 9. The number of amides is 2. The first-order chi connectivity index (χ1) is 23.5. The first kappa shape index (κ1) is 33.6. The van der Waals surface area contributed by atoms with Gasteiger partial charge in [-0.05, 0) is 59.0 Å². The topological polar surface area (TPSA) is 119 Å². The number of carbonyl (C=O) groups is 2. The van der Waals surface area contributed by atoms with Crippen molar-refractivity contribution in [1.82, 2.24) is 15.6 Å². The van der Waals surface area contributed by atoms with Gasteiger partial charge in [-0.3, -0.25) is 4.79 Å². The Balaban J connectivity index is 1.16. The average molecular weight is 684 g/mol. The number of thioether (sulfide) groups is 1. The molecular weight excluding hydrogens is 647 g/mol. The van der Waals surface area contributed by atoms with E-state index in [0.717, 1.165) is 49.0 Å². The number of aliphatic hydroxyl groups is 1. The molecule has 0 radical (unpaired) electrons. The van der Waals surface area contributed by atoms with E-state index in [1.807, 2.05) is 84.9 Å². The second-order valence-corrected chi connectivity index (χ2v) is 13.6. The predicted molar refractivity (Wildman–Crippen MR) is 188 cm³/mol. The van der Waals surface area contributed by atoms with Gasteiger partial charge in [-0.25, -0.2) is 9.78 Å². The van der Waals surface area contributed by atoms with E-state index in [-0.39, 0.29) is 32.0 Å². The van der Waals surface area contributed by atoms with Crippen molar-refractivity contribution in [3.05, 3.63) is 119 Å². The molecule has 5 aromatic rings. The second-order valence-electron chi connectivity index (χ2n) is 11.3. The van der Waals surface area contributed by atoms with Gasteiger partial charge in [0.05, 0.1) is 35.6 Å². The van der Waals surface area contributed by atoms with Crippen LogP contribution in [-0.4, -0.2) is 47.1 Å². The van der Waals surface area contributed by atoms with Gasteiger partial charge in [-0.2, -0.15) is 0 Å². The Labute approximate surface area is 287 Å². The number of aliphatic hydroxyl groups excluding tert-OH is 1. The minimum atomic E-state index is -0.588. The van der Waals surface area contributed by atoms with E-state index in [1.165, 1.54) is 4.70 Å². The number of hydrogen-bond donors (Lipinski definition) is 3. The summed E-state index contributed by atoms with van der Waals surface area (Å²) in [6.45, 7) is 2.08. The third-order valence-corrected chi connectivity index (χ3v) is 10.2. The van der Waals surface area contributed by atoms with Crippen molar-refractivity contribution in [2.75, 3.05) is 18.9 Å². The molecule has 48 heavy (non-hydrogen) atoms. The maximum atomic E-state index is 12.2. The Hall–Kier alpha value is -4.26. The van der Waals surface area contributed by atoms with Gasteiger partial charge in [-0.15, -0.1) is 11.3 Å². The molecule has 1 aromatic heterocycles. The summed E-state index contributed by atoms with van der Waals surface area (Å²) in [4.78, 5) is 28.5. The highest BCUT2D eigenvalue weighted by molar-refractivity contribution is 8.01. The largest absolute Gasteiger partial charge is 0.465 e. The number of carbonyl (C=O) groups excluding carboxylic acids is 2. The van der Waals surface area contributed by atoms with Crippen LogP contribution < -0.4 is 10.6 Å². The lowest BCUT2D eigenvalue weighted by Gasteiger charge is -2.36. The molecule has 1 saturated heterocycles. The Morgan fingerprint density at radius 2 is 1.71 bits per heavy atom. The first-order valence-corrected chi connectivity index (χ1v) is 17.6. The van der Waals surface area contributed by atoms with Gasteiger partial charge < -0.3 is 30.0 Å². The normalized spacial score (nSPS) is 17.6. The number of nitrogens with zero attached hydrogens (tertiary/aromatic N) is 1. The number of fused-ring (bicyclic) bond motifs is 1. The lowest BCUT2D eigenvalue weighted by molar-refractivity contribution is -0.245. The molecule has 0 bridgehead atoms. The molecule has 0 saturated carbocycles. The standard InChI is InChI=1S/C37H37N3O6S2/c1-2-44-34(42)21-39-36(43)38-20-25-7-5-8-27(17-25)28-9-6-10-29(18-28)35-45-30(19-32(46-35)26-15-13-24(22-41)14-16-26)23-47-37-40-31-11-3-4-12-33(31)48-37/h3-18,30,32,35,41H,2,19-23H2,1H3,(H2,38,39,43)/t30-,32+,35+/m0/s1. The Bertz CT molecular complexity index is 1810. The third kappa shape index (κ3) is 8.80. The molecule has 3 atom stereocenters. The van der Waals surface area contributed by atoms with Crippen LogP contribution in [0.3, 0.4) is 0 Å². The summed E-state index contributed by atoms with van der Waals surface area (Å²) in [6, 6.07) is 31.7. The molecule has 1 fully saturated rings. The summed E-state index contributed by atoms with van der Waals surface area (Å²) in [6.07, 6.45) is -0.174. The Morgan fingerprint density at radius 3 is 2.50 bits per heavy atom. The predicted octanol–water partition coefficient (Wildman–Crippen LogP) is 7.16. The average Bonchev–Trinajstić information content (AvgIpc) is 3.56. The van der Waals surface area contributed by atoms with Crippen molar-refractivity contribution in [2.45, 2.75) is 49.3 Å². The maximum Gasteiger partial charge on any atom is 0.325 e. The van der Waals surface area contributed by atoms with Crippen LogP contribution in [0.25, 0.3) is 21.3 Å². The van der Waals surface area contributed by atoms with Crippen LogP contribution in [0.1, 0.15) is 48.0 Å². The van der Waals surface area contributed by atoms with Crippen molar-refractivity contribution in [3.63, 3.8) is 0 Å². The second kappa shape index (κ2) is 16.2. The third-order valence-electron chi connectivity index (χ3n) is 7.85. The minimum absolute atomic E-state index is 0.00823. The number of thiazole rings is 1. The van der Waals surface area contributed by atoms with Crippen LogP contribution in [0, 0.1) is 0 Å². The van der Waals surface area contributed by atoms with Gasteiger partial charge in [0.1, 0.15) is 6.54 Å². The number of ether oxygens (including phenoxy) is 3. The van der Waals surface area contributed by atoms with Crippen molar-refractivity contribution < 1.29 is 28.9 Å². The molecule has 2 heterocycles. The van der Waals surface area contributed by atoms with Crippen LogP contribution in [-0.2, 0) is 32.2 Å². The monoisotopic (exact) mass is 683 g/mol. The van der Waals surface area contributed by atoms with Crippen LogP contribution >= 0.6 is 23.1 Å². The van der Waals surface area contributed by atoms with Crippen molar-refractivity contribution in [1.29, 1.82) is 0 Å². The molecule has 2 amide bonds. The molecule has 1 aliphatic heterocycles. The Kier molecular flexibility index (Phi) is 11.4. The number of aromatic nitrogens is 1. The highest BCUT2D eigenvalue weighted by Crippen LogP contribution is 2.41. The molecule has 248 valence electrons.